The van der Waals surface area contributed by atoms with Crippen molar-refractivity contribution in [1.82, 2.24) is 0 Å². The SMILES string of the molecule is C[C@@]1(C#N)CC[C@]2(C)CC[C@]3(C)C4=CC=C5C(=CC(=O)[C@H](O)[C@@]5(C)CO)[C@]4(C)CC[C@@]3(C)[C@@H]2C1. The number of nitriles is 1. The topological polar surface area (TPSA) is 81.3 Å². The third-order valence-corrected chi connectivity index (χ3v) is 12.0. The first kappa shape index (κ1) is 24.0. The van der Waals surface area contributed by atoms with Gasteiger partial charge in [0.2, 0.25) is 0 Å². The summed E-state index contributed by atoms with van der Waals surface area (Å²) in [4.78, 5) is 12.9. The van der Waals surface area contributed by atoms with Gasteiger partial charge in [-0.05, 0) is 91.3 Å². The summed E-state index contributed by atoms with van der Waals surface area (Å²) in [5, 5.41) is 30.9. The molecular formula is C30H41NO3. The van der Waals surface area contributed by atoms with Gasteiger partial charge in [-0.25, -0.2) is 0 Å². The van der Waals surface area contributed by atoms with Gasteiger partial charge in [0.25, 0.3) is 0 Å². The highest BCUT2D eigenvalue weighted by Gasteiger charge is 2.67. The first-order valence-corrected chi connectivity index (χ1v) is 13.1. The number of carbonyl (C=O) groups excluding carboxylic acids is 1. The van der Waals surface area contributed by atoms with Crippen LogP contribution in [0.1, 0.15) is 86.5 Å². The molecule has 0 unspecified atom stereocenters. The highest BCUT2D eigenvalue weighted by molar-refractivity contribution is 5.98. The van der Waals surface area contributed by atoms with E-state index >= 15 is 0 Å². The number of carbonyl (C=O) groups is 1. The van der Waals surface area contributed by atoms with Crippen molar-refractivity contribution in [2.24, 2.45) is 38.4 Å². The van der Waals surface area contributed by atoms with Crippen LogP contribution in [-0.4, -0.2) is 28.7 Å². The van der Waals surface area contributed by atoms with Gasteiger partial charge in [-0.15, -0.1) is 0 Å². The minimum atomic E-state index is -1.21. The molecule has 4 heteroatoms. The molecule has 4 nitrogen and oxygen atoms in total. The Morgan fingerprint density at radius 2 is 1.65 bits per heavy atom. The maximum atomic E-state index is 12.9. The van der Waals surface area contributed by atoms with E-state index < -0.39 is 11.5 Å². The lowest BCUT2D eigenvalue weighted by atomic mass is 9.34. The van der Waals surface area contributed by atoms with Crippen molar-refractivity contribution in [2.75, 3.05) is 6.61 Å². The largest absolute Gasteiger partial charge is 0.395 e. The zero-order valence-electron chi connectivity index (χ0n) is 21.8. The molecule has 0 aromatic rings. The average Bonchev–Trinajstić information content (AvgIpc) is 2.81. The van der Waals surface area contributed by atoms with Gasteiger partial charge in [0.05, 0.1) is 18.1 Å². The molecule has 3 fully saturated rings. The van der Waals surface area contributed by atoms with Crippen molar-refractivity contribution in [3.05, 3.63) is 34.9 Å². The van der Waals surface area contributed by atoms with E-state index in [1.165, 1.54) is 12.0 Å². The van der Waals surface area contributed by atoms with Gasteiger partial charge in [-0.2, -0.15) is 5.26 Å². The second-order valence-corrected chi connectivity index (χ2v) is 13.8. The summed E-state index contributed by atoms with van der Waals surface area (Å²) >= 11 is 0. The number of fused-ring (bicyclic) bond motifs is 7. The molecule has 0 heterocycles. The standard InChI is InChI=1S/C30H41NO3/c1-25(17-31)9-10-26(2)11-13-29(5)22-8-7-19-20(15-21(33)24(34)28(19,4)18-32)27(22,3)12-14-30(29,6)23(26)16-25/h7-8,15,23-24,32,34H,9-14,16,18H2,1-6H3/t23-,24+,25-,26-,27+,28+,29-,30+/m1/s1. The van der Waals surface area contributed by atoms with Crippen LogP contribution in [0, 0.1) is 49.7 Å². The molecule has 0 aromatic carbocycles. The Hall–Kier alpha value is -1.70. The Morgan fingerprint density at radius 3 is 2.29 bits per heavy atom. The van der Waals surface area contributed by atoms with Crippen LogP contribution in [0.5, 0.6) is 0 Å². The van der Waals surface area contributed by atoms with E-state index in [4.69, 9.17) is 0 Å². The molecule has 5 rings (SSSR count). The molecule has 0 amide bonds. The number of nitrogens with zero attached hydrogens (tertiary/aromatic N) is 1. The Labute approximate surface area is 204 Å². The Kier molecular flexibility index (Phi) is 4.91. The summed E-state index contributed by atoms with van der Waals surface area (Å²) in [6, 6.07) is 2.66. The van der Waals surface area contributed by atoms with Crippen molar-refractivity contribution in [3.8, 4) is 6.07 Å². The molecule has 0 saturated heterocycles. The number of hydrogen-bond acceptors (Lipinski definition) is 4. The first-order chi connectivity index (χ1) is 15.7. The summed E-state index contributed by atoms with van der Waals surface area (Å²) in [6.07, 6.45) is 12.2. The van der Waals surface area contributed by atoms with E-state index in [-0.39, 0.29) is 39.5 Å². The van der Waals surface area contributed by atoms with Crippen molar-refractivity contribution >= 4 is 5.78 Å². The summed E-state index contributed by atoms with van der Waals surface area (Å²) in [6.45, 7) is 13.4. The van der Waals surface area contributed by atoms with E-state index in [1.54, 1.807) is 6.08 Å². The highest BCUT2D eigenvalue weighted by Crippen LogP contribution is 2.75. The van der Waals surface area contributed by atoms with E-state index in [1.807, 2.05) is 6.92 Å². The molecule has 0 bridgehead atoms. The monoisotopic (exact) mass is 463 g/mol. The zero-order chi connectivity index (χ0) is 24.9. The van der Waals surface area contributed by atoms with Crippen molar-refractivity contribution in [2.45, 2.75) is 92.6 Å². The molecule has 0 aromatic heterocycles. The van der Waals surface area contributed by atoms with Gasteiger partial charge < -0.3 is 10.2 Å². The molecule has 3 saturated carbocycles. The molecule has 0 spiro atoms. The predicted octanol–water partition coefficient (Wildman–Crippen LogP) is 5.66. The molecule has 5 aliphatic rings. The first-order valence-electron chi connectivity index (χ1n) is 13.1. The molecule has 0 radical (unpaired) electrons. The fourth-order valence-corrected chi connectivity index (χ4v) is 9.07. The van der Waals surface area contributed by atoms with Crippen molar-refractivity contribution in [3.63, 3.8) is 0 Å². The van der Waals surface area contributed by atoms with Crippen molar-refractivity contribution in [1.29, 1.82) is 5.26 Å². The molecule has 5 aliphatic carbocycles. The quantitative estimate of drug-likeness (QED) is 0.525. The molecule has 184 valence electrons. The second-order valence-electron chi connectivity index (χ2n) is 13.8. The maximum absolute atomic E-state index is 12.9. The lowest BCUT2D eigenvalue weighted by molar-refractivity contribution is -0.155. The zero-order valence-corrected chi connectivity index (χ0v) is 21.8. The van der Waals surface area contributed by atoms with Crippen LogP contribution in [0.4, 0.5) is 0 Å². The lowest BCUT2D eigenvalue weighted by Gasteiger charge is -2.70. The third-order valence-electron chi connectivity index (χ3n) is 12.0. The van der Waals surface area contributed by atoms with E-state index in [2.05, 4.69) is 52.8 Å². The Morgan fingerprint density at radius 1 is 0.971 bits per heavy atom. The normalized spacial score (nSPS) is 52.1. The smallest absolute Gasteiger partial charge is 0.185 e. The molecule has 2 N–H and O–H groups in total. The highest BCUT2D eigenvalue weighted by atomic mass is 16.3. The van der Waals surface area contributed by atoms with Gasteiger partial charge in [0, 0.05) is 10.8 Å². The van der Waals surface area contributed by atoms with Crippen LogP contribution >= 0.6 is 0 Å². The summed E-state index contributed by atoms with van der Waals surface area (Å²) < 4.78 is 0. The van der Waals surface area contributed by atoms with Crippen LogP contribution in [0.3, 0.4) is 0 Å². The van der Waals surface area contributed by atoms with E-state index in [0.29, 0.717) is 5.92 Å². The number of aliphatic hydroxyl groups is 2. The fraction of sp³-hybridized carbons (Fsp3) is 0.733. The Balaban J connectivity index is 1.66. The van der Waals surface area contributed by atoms with Crippen molar-refractivity contribution < 1.29 is 15.0 Å². The van der Waals surface area contributed by atoms with E-state index in [0.717, 1.165) is 49.7 Å². The minimum Gasteiger partial charge on any atom is -0.395 e. The predicted molar refractivity (Wildman–Crippen MR) is 132 cm³/mol. The van der Waals surface area contributed by atoms with Crippen LogP contribution in [-0.2, 0) is 4.79 Å². The van der Waals surface area contributed by atoms with Gasteiger partial charge in [-0.3, -0.25) is 4.79 Å². The van der Waals surface area contributed by atoms with Gasteiger partial charge in [0.15, 0.2) is 5.78 Å². The number of ketones is 1. The van der Waals surface area contributed by atoms with Gasteiger partial charge in [0.1, 0.15) is 6.10 Å². The number of hydrogen-bond donors (Lipinski definition) is 2. The van der Waals surface area contributed by atoms with Gasteiger partial charge in [-0.1, -0.05) is 52.3 Å². The van der Waals surface area contributed by atoms with Crippen LogP contribution in [0.2, 0.25) is 0 Å². The van der Waals surface area contributed by atoms with Crippen LogP contribution < -0.4 is 0 Å². The van der Waals surface area contributed by atoms with E-state index in [9.17, 15) is 20.3 Å². The lowest BCUT2D eigenvalue weighted by Crippen LogP contribution is -2.62. The second kappa shape index (κ2) is 6.95. The average molecular weight is 464 g/mol. The Bertz CT molecular complexity index is 1090. The van der Waals surface area contributed by atoms with Crippen LogP contribution in [0.25, 0.3) is 0 Å². The number of rotatable bonds is 1. The summed E-state index contributed by atoms with van der Waals surface area (Å²) in [5.74, 6) is 0.192. The molecule has 0 aliphatic heterocycles. The fourth-order valence-electron chi connectivity index (χ4n) is 9.07. The number of allylic oxidation sites excluding steroid dienone is 4. The third kappa shape index (κ3) is 2.69. The molecule has 34 heavy (non-hydrogen) atoms. The van der Waals surface area contributed by atoms with Gasteiger partial charge >= 0.3 is 0 Å². The summed E-state index contributed by atoms with van der Waals surface area (Å²) in [7, 11) is 0. The minimum absolute atomic E-state index is 0.0323. The maximum Gasteiger partial charge on any atom is 0.185 e. The molecule has 8 atom stereocenters. The van der Waals surface area contributed by atoms with Crippen LogP contribution in [0.15, 0.2) is 34.9 Å². The molecular weight excluding hydrogens is 422 g/mol. The number of aliphatic hydroxyl groups excluding tert-OH is 2. The summed E-state index contributed by atoms with van der Waals surface area (Å²) in [5.41, 5.74) is 2.12.